The Hall–Kier alpha value is -2.84. The summed E-state index contributed by atoms with van der Waals surface area (Å²) in [5.41, 5.74) is 0.973. The Labute approximate surface area is 167 Å². The number of esters is 1. The number of sulfonamides is 1. The minimum Gasteiger partial charge on any atom is -0.465 e. The van der Waals surface area contributed by atoms with Gasteiger partial charge in [-0.25, -0.2) is 13.2 Å². The first-order chi connectivity index (χ1) is 13.2. The first kappa shape index (κ1) is 19.9. The molecule has 1 aromatic heterocycles. The number of aromatic nitrogens is 1. The highest BCUT2D eigenvalue weighted by Crippen LogP contribution is 2.24. The zero-order valence-corrected chi connectivity index (χ0v) is 16.7. The number of nitrogens with zero attached hydrogens (tertiary/aromatic N) is 2. The van der Waals surface area contributed by atoms with Gasteiger partial charge in [0, 0.05) is 16.6 Å². The molecule has 1 heterocycles. The van der Waals surface area contributed by atoms with E-state index in [0.29, 0.717) is 15.9 Å². The van der Waals surface area contributed by atoms with Crippen molar-refractivity contribution < 1.29 is 22.7 Å². The van der Waals surface area contributed by atoms with Gasteiger partial charge in [0.1, 0.15) is 6.54 Å². The largest absolute Gasteiger partial charge is 0.465 e. The molecule has 0 aliphatic carbocycles. The van der Waals surface area contributed by atoms with Gasteiger partial charge in [-0.3, -0.25) is 13.7 Å². The van der Waals surface area contributed by atoms with Gasteiger partial charge in [0.2, 0.25) is 10.0 Å². The van der Waals surface area contributed by atoms with Gasteiger partial charge in [0.15, 0.2) is 0 Å². The third-order valence-corrected chi connectivity index (χ3v) is 5.54. The minimum absolute atomic E-state index is 0.222. The topological polar surface area (TPSA) is 85.7 Å². The van der Waals surface area contributed by atoms with Crippen LogP contribution in [0.2, 0.25) is 5.02 Å². The first-order valence-corrected chi connectivity index (χ1v) is 10.4. The summed E-state index contributed by atoms with van der Waals surface area (Å²) in [4.78, 5) is 25.0. The Balaban J connectivity index is 2.05. The molecule has 0 atom stereocenters. The van der Waals surface area contributed by atoms with E-state index in [0.717, 1.165) is 10.6 Å². The summed E-state index contributed by atoms with van der Waals surface area (Å²) in [6.45, 7) is -0.460. The summed E-state index contributed by atoms with van der Waals surface area (Å²) in [7, 11) is -2.51. The summed E-state index contributed by atoms with van der Waals surface area (Å²) in [6, 6.07) is 13.0. The lowest BCUT2D eigenvalue weighted by Gasteiger charge is -2.22. The molecule has 0 fully saturated rings. The van der Waals surface area contributed by atoms with Crippen LogP contribution >= 0.6 is 11.6 Å². The van der Waals surface area contributed by atoms with Crippen LogP contribution in [0.1, 0.15) is 15.2 Å². The molecule has 0 unspecified atom stereocenters. The van der Waals surface area contributed by atoms with Crippen molar-refractivity contribution in [3.05, 3.63) is 65.3 Å². The fourth-order valence-corrected chi connectivity index (χ4v) is 3.91. The number of anilines is 1. The average molecular weight is 421 g/mol. The standard InChI is InChI=1S/C19H17ClN2O5S/c1-27-19(24)16-11-21(17-9-4-3-8-15(16)17)18(23)12-22(28(2,25)26)14-7-5-6-13(20)10-14/h3-11H,12H2,1-2H3. The Kier molecular flexibility index (Phi) is 5.44. The van der Waals surface area contributed by atoms with Crippen LogP contribution < -0.4 is 4.31 Å². The van der Waals surface area contributed by atoms with Crippen molar-refractivity contribution in [2.24, 2.45) is 0 Å². The molecule has 0 saturated heterocycles. The maximum Gasteiger partial charge on any atom is 0.340 e. The third kappa shape index (κ3) is 3.88. The maximum atomic E-state index is 13.0. The van der Waals surface area contributed by atoms with Crippen LogP contribution in [0.5, 0.6) is 0 Å². The van der Waals surface area contributed by atoms with Crippen LogP contribution in [0.25, 0.3) is 10.9 Å². The number of carbonyl (C=O) groups excluding carboxylic acids is 2. The van der Waals surface area contributed by atoms with Crippen LogP contribution in [0.3, 0.4) is 0 Å². The third-order valence-electron chi connectivity index (χ3n) is 4.16. The number of methoxy groups -OCH3 is 1. The summed E-state index contributed by atoms with van der Waals surface area (Å²) in [5, 5.41) is 0.884. The Bertz CT molecular complexity index is 1170. The number of benzene rings is 2. The lowest BCUT2D eigenvalue weighted by molar-refractivity contribution is 0.0603. The van der Waals surface area contributed by atoms with E-state index in [2.05, 4.69) is 0 Å². The van der Waals surface area contributed by atoms with E-state index in [9.17, 15) is 18.0 Å². The molecular formula is C19H17ClN2O5S. The van der Waals surface area contributed by atoms with Gasteiger partial charge in [0.05, 0.1) is 30.1 Å². The fraction of sp³-hybridized carbons (Fsp3) is 0.158. The second kappa shape index (κ2) is 7.65. The van der Waals surface area contributed by atoms with E-state index in [-0.39, 0.29) is 11.3 Å². The number of ether oxygens (including phenoxy) is 1. The first-order valence-electron chi connectivity index (χ1n) is 8.17. The smallest absolute Gasteiger partial charge is 0.340 e. The predicted molar refractivity (Wildman–Crippen MR) is 108 cm³/mol. The molecule has 3 rings (SSSR count). The Morgan fingerprint density at radius 1 is 1.14 bits per heavy atom. The van der Waals surface area contributed by atoms with E-state index in [4.69, 9.17) is 16.3 Å². The highest BCUT2D eigenvalue weighted by atomic mass is 35.5. The second-order valence-electron chi connectivity index (χ2n) is 6.06. The summed E-state index contributed by atoms with van der Waals surface area (Å²) >= 11 is 5.96. The monoisotopic (exact) mass is 420 g/mol. The molecule has 0 bridgehead atoms. The lowest BCUT2D eigenvalue weighted by atomic mass is 10.2. The van der Waals surface area contributed by atoms with Crippen LogP contribution in [0, 0.1) is 0 Å². The van der Waals surface area contributed by atoms with Crippen molar-refractivity contribution in [2.75, 3.05) is 24.2 Å². The van der Waals surface area contributed by atoms with Gasteiger partial charge in [-0.1, -0.05) is 35.9 Å². The van der Waals surface area contributed by atoms with Crippen molar-refractivity contribution in [3.63, 3.8) is 0 Å². The highest BCUT2D eigenvalue weighted by Gasteiger charge is 2.24. The predicted octanol–water partition coefficient (Wildman–Crippen LogP) is 3.19. The summed E-state index contributed by atoms with van der Waals surface area (Å²) < 4.78 is 31.6. The molecule has 0 spiro atoms. The second-order valence-corrected chi connectivity index (χ2v) is 8.41. The summed E-state index contributed by atoms with van der Waals surface area (Å²) in [5.74, 6) is -1.12. The molecular weight excluding hydrogens is 404 g/mol. The molecule has 0 N–H and O–H groups in total. The van der Waals surface area contributed by atoms with Gasteiger partial charge >= 0.3 is 5.97 Å². The molecule has 0 aliphatic heterocycles. The number of hydrogen-bond acceptors (Lipinski definition) is 5. The van der Waals surface area contributed by atoms with Crippen molar-refractivity contribution >= 4 is 50.1 Å². The number of fused-ring (bicyclic) bond motifs is 1. The normalized spacial score (nSPS) is 11.4. The van der Waals surface area contributed by atoms with Gasteiger partial charge < -0.3 is 4.74 Å². The quantitative estimate of drug-likeness (QED) is 0.592. The number of rotatable bonds is 5. The average Bonchev–Trinajstić information content (AvgIpc) is 3.04. The molecule has 28 heavy (non-hydrogen) atoms. The zero-order valence-electron chi connectivity index (χ0n) is 15.1. The summed E-state index contributed by atoms with van der Waals surface area (Å²) in [6.07, 6.45) is 2.37. The molecule has 9 heteroatoms. The van der Waals surface area contributed by atoms with Crippen LogP contribution in [0.15, 0.2) is 54.7 Å². The lowest BCUT2D eigenvalue weighted by Crippen LogP contribution is -2.36. The molecule has 7 nitrogen and oxygen atoms in total. The highest BCUT2D eigenvalue weighted by molar-refractivity contribution is 7.92. The molecule has 0 amide bonds. The fourth-order valence-electron chi connectivity index (χ4n) is 2.89. The van der Waals surface area contributed by atoms with E-state index in [1.807, 2.05) is 0 Å². The van der Waals surface area contributed by atoms with E-state index < -0.39 is 28.4 Å². The van der Waals surface area contributed by atoms with Gasteiger partial charge in [0.25, 0.3) is 5.91 Å². The SMILES string of the molecule is COC(=O)c1cn(C(=O)CN(c2cccc(Cl)c2)S(C)(=O)=O)c2ccccc12. The number of carbonyl (C=O) groups is 2. The number of hydrogen-bond donors (Lipinski definition) is 0. The number of halogens is 1. The van der Waals surface area contributed by atoms with Crippen molar-refractivity contribution in [1.29, 1.82) is 0 Å². The van der Waals surface area contributed by atoms with Crippen molar-refractivity contribution in [1.82, 2.24) is 4.57 Å². The van der Waals surface area contributed by atoms with E-state index >= 15 is 0 Å². The van der Waals surface area contributed by atoms with E-state index in [1.54, 1.807) is 42.5 Å². The number of para-hydroxylation sites is 1. The zero-order chi connectivity index (χ0) is 20.5. The van der Waals surface area contributed by atoms with Crippen molar-refractivity contribution in [2.45, 2.75) is 0 Å². The van der Waals surface area contributed by atoms with Crippen LogP contribution in [0.4, 0.5) is 5.69 Å². The molecule has 2 aromatic carbocycles. The molecule has 0 radical (unpaired) electrons. The molecule has 3 aromatic rings. The Morgan fingerprint density at radius 2 is 1.86 bits per heavy atom. The van der Waals surface area contributed by atoms with Crippen LogP contribution in [-0.2, 0) is 14.8 Å². The van der Waals surface area contributed by atoms with E-state index in [1.165, 1.54) is 23.9 Å². The van der Waals surface area contributed by atoms with Gasteiger partial charge in [-0.15, -0.1) is 0 Å². The minimum atomic E-state index is -3.76. The van der Waals surface area contributed by atoms with Gasteiger partial charge in [-0.2, -0.15) is 0 Å². The molecule has 0 saturated carbocycles. The van der Waals surface area contributed by atoms with Gasteiger partial charge in [-0.05, 0) is 24.3 Å². The molecule has 146 valence electrons. The maximum absolute atomic E-state index is 13.0. The van der Waals surface area contributed by atoms with Crippen LogP contribution in [-0.4, -0.2) is 44.8 Å². The Morgan fingerprint density at radius 3 is 2.50 bits per heavy atom. The van der Waals surface area contributed by atoms with Crippen molar-refractivity contribution in [3.8, 4) is 0 Å². The molecule has 0 aliphatic rings.